The van der Waals surface area contributed by atoms with E-state index in [9.17, 15) is 4.79 Å². The molecule has 1 heterocycles. The van der Waals surface area contributed by atoms with E-state index in [1.807, 2.05) is 6.92 Å². The van der Waals surface area contributed by atoms with E-state index in [4.69, 9.17) is 4.74 Å². The monoisotopic (exact) mass is 240 g/mol. The summed E-state index contributed by atoms with van der Waals surface area (Å²) in [6.45, 7) is 2.86. The van der Waals surface area contributed by atoms with Crippen LogP contribution in [0, 0.1) is 0 Å². The number of nitrogens with one attached hydrogen (secondary N) is 2. The zero-order chi connectivity index (χ0) is 12.1. The molecule has 2 aliphatic rings. The minimum Gasteiger partial charge on any atom is -0.376 e. The SMILES string of the molecule is C[C@@H](NC(=O)NC1CCCCC1)[C@@H]1CCCO1. The Bertz CT molecular complexity index is 246. The molecule has 17 heavy (non-hydrogen) atoms. The highest BCUT2D eigenvalue weighted by molar-refractivity contribution is 5.74. The molecule has 1 saturated heterocycles. The molecule has 1 aliphatic carbocycles. The first-order valence-corrected chi connectivity index (χ1v) is 6.94. The maximum absolute atomic E-state index is 11.8. The fourth-order valence-corrected chi connectivity index (χ4v) is 2.77. The van der Waals surface area contributed by atoms with Gasteiger partial charge in [0.1, 0.15) is 0 Å². The second-order valence-corrected chi connectivity index (χ2v) is 5.29. The molecule has 0 aromatic rings. The molecule has 2 atom stereocenters. The lowest BCUT2D eigenvalue weighted by molar-refractivity contribution is 0.0857. The normalized spacial score (nSPS) is 27.7. The van der Waals surface area contributed by atoms with Crippen LogP contribution in [0.3, 0.4) is 0 Å². The number of amides is 2. The number of carbonyl (C=O) groups excluding carboxylic acids is 1. The molecule has 0 radical (unpaired) electrons. The molecule has 4 heteroatoms. The highest BCUT2D eigenvalue weighted by Crippen LogP contribution is 2.18. The number of carbonyl (C=O) groups is 1. The summed E-state index contributed by atoms with van der Waals surface area (Å²) >= 11 is 0. The lowest BCUT2D eigenvalue weighted by atomic mass is 9.96. The lowest BCUT2D eigenvalue weighted by Gasteiger charge is -2.25. The molecule has 1 saturated carbocycles. The maximum Gasteiger partial charge on any atom is 0.315 e. The van der Waals surface area contributed by atoms with E-state index >= 15 is 0 Å². The largest absolute Gasteiger partial charge is 0.376 e. The molecule has 1 aliphatic heterocycles. The Balaban J connectivity index is 1.68. The average Bonchev–Trinajstić information content (AvgIpc) is 2.83. The first-order chi connectivity index (χ1) is 8.25. The summed E-state index contributed by atoms with van der Waals surface area (Å²) in [6, 6.07) is 0.460. The third-order valence-corrected chi connectivity index (χ3v) is 3.82. The van der Waals surface area contributed by atoms with Crippen LogP contribution >= 0.6 is 0 Å². The molecule has 2 amide bonds. The molecular formula is C13H24N2O2. The van der Waals surface area contributed by atoms with E-state index in [1.165, 1.54) is 19.3 Å². The molecule has 0 aromatic carbocycles. The summed E-state index contributed by atoms with van der Waals surface area (Å²) in [5, 5.41) is 6.06. The fourth-order valence-electron chi connectivity index (χ4n) is 2.77. The van der Waals surface area contributed by atoms with E-state index in [0.717, 1.165) is 32.3 Å². The number of ether oxygens (including phenoxy) is 1. The molecule has 98 valence electrons. The number of hydrogen-bond donors (Lipinski definition) is 2. The van der Waals surface area contributed by atoms with Crippen molar-refractivity contribution in [3.63, 3.8) is 0 Å². The lowest BCUT2D eigenvalue weighted by Crippen LogP contribution is -2.49. The smallest absolute Gasteiger partial charge is 0.315 e. The van der Waals surface area contributed by atoms with Crippen LogP contribution in [0.5, 0.6) is 0 Å². The molecule has 2 fully saturated rings. The van der Waals surface area contributed by atoms with Gasteiger partial charge in [-0.3, -0.25) is 0 Å². The van der Waals surface area contributed by atoms with Crippen molar-refractivity contribution in [1.82, 2.24) is 10.6 Å². The van der Waals surface area contributed by atoms with Crippen LogP contribution in [0.15, 0.2) is 0 Å². The standard InChI is InChI=1S/C13H24N2O2/c1-10(12-8-5-9-17-12)14-13(16)15-11-6-3-2-4-7-11/h10-12H,2-9H2,1H3,(H2,14,15,16)/t10-,12+/m1/s1. The summed E-state index contributed by atoms with van der Waals surface area (Å²) in [5.74, 6) is 0. The van der Waals surface area contributed by atoms with Crippen molar-refractivity contribution in [2.24, 2.45) is 0 Å². The summed E-state index contributed by atoms with van der Waals surface area (Å²) in [5.41, 5.74) is 0. The quantitative estimate of drug-likeness (QED) is 0.794. The Labute approximate surface area is 103 Å². The van der Waals surface area contributed by atoms with Crippen LogP contribution in [-0.4, -0.2) is 30.8 Å². The molecule has 2 rings (SSSR count). The van der Waals surface area contributed by atoms with Gasteiger partial charge in [0.15, 0.2) is 0 Å². The number of urea groups is 1. The van der Waals surface area contributed by atoms with Crippen molar-refractivity contribution in [2.45, 2.75) is 70.1 Å². The van der Waals surface area contributed by atoms with Gasteiger partial charge in [-0.25, -0.2) is 4.79 Å². The van der Waals surface area contributed by atoms with E-state index in [0.29, 0.717) is 6.04 Å². The van der Waals surface area contributed by atoms with Gasteiger partial charge in [-0.2, -0.15) is 0 Å². The number of rotatable bonds is 3. The van der Waals surface area contributed by atoms with Crippen LogP contribution in [0.2, 0.25) is 0 Å². The maximum atomic E-state index is 11.8. The summed E-state index contributed by atoms with van der Waals surface area (Å²) in [4.78, 5) is 11.8. The van der Waals surface area contributed by atoms with Crippen molar-refractivity contribution < 1.29 is 9.53 Å². The third-order valence-electron chi connectivity index (χ3n) is 3.82. The van der Waals surface area contributed by atoms with Gasteiger partial charge < -0.3 is 15.4 Å². The van der Waals surface area contributed by atoms with E-state index in [-0.39, 0.29) is 18.2 Å². The third kappa shape index (κ3) is 3.87. The topological polar surface area (TPSA) is 50.4 Å². The minimum absolute atomic E-state index is 0.0279. The highest BCUT2D eigenvalue weighted by atomic mass is 16.5. The fraction of sp³-hybridized carbons (Fsp3) is 0.923. The van der Waals surface area contributed by atoms with Crippen LogP contribution in [0.4, 0.5) is 4.79 Å². The van der Waals surface area contributed by atoms with E-state index in [1.54, 1.807) is 0 Å². The molecule has 4 nitrogen and oxygen atoms in total. The zero-order valence-corrected chi connectivity index (χ0v) is 10.7. The van der Waals surface area contributed by atoms with Crippen molar-refractivity contribution in [3.05, 3.63) is 0 Å². The predicted molar refractivity (Wildman–Crippen MR) is 67.0 cm³/mol. The second kappa shape index (κ2) is 6.24. The molecule has 0 unspecified atom stereocenters. The van der Waals surface area contributed by atoms with Gasteiger partial charge in [0.2, 0.25) is 0 Å². The first-order valence-electron chi connectivity index (χ1n) is 6.94. The zero-order valence-electron chi connectivity index (χ0n) is 10.7. The minimum atomic E-state index is -0.0279. The van der Waals surface area contributed by atoms with Crippen molar-refractivity contribution >= 4 is 6.03 Å². The van der Waals surface area contributed by atoms with Gasteiger partial charge in [0.25, 0.3) is 0 Å². The van der Waals surface area contributed by atoms with Crippen molar-refractivity contribution in [2.75, 3.05) is 6.61 Å². The Morgan fingerprint density at radius 3 is 2.59 bits per heavy atom. The predicted octanol–water partition coefficient (Wildman–Crippen LogP) is 2.19. The summed E-state index contributed by atoms with van der Waals surface area (Å²) in [7, 11) is 0. The Hall–Kier alpha value is -0.770. The molecule has 0 spiro atoms. The van der Waals surface area contributed by atoms with E-state index < -0.39 is 0 Å². The first kappa shape index (κ1) is 12.7. The number of hydrogen-bond acceptors (Lipinski definition) is 2. The Morgan fingerprint density at radius 1 is 1.18 bits per heavy atom. The van der Waals surface area contributed by atoms with Gasteiger partial charge >= 0.3 is 6.03 Å². The Kier molecular flexibility index (Phi) is 4.66. The van der Waals surface area contributed by atoms with Crippen LogP contribution < -0.4 is 10.6 Å². The van der Waals surface area contributed by atoms with Gasteiger partial charge in [-0.1, -0.05) is 19.3 Å². The van der Waals surface area contributed by atoms with Gasteiger partial charge in [0.05, 0.1) is 12.1 Å². The van der Waals surface area contributed by atoms with Crippen LogP contribution in [-0.2, 0) is 4.74 Å². The highest BCUT2D eigenvalue weighted by Gasteiger charge is 2.24. The molecule has 0 bridgehead atoms. The van der Waals surface area contributed by atoms with Gasteiger partial charge in [-0.05, 0) is 32.6 Å². The van der Waals surface area contributed by atoms with Crippen molar-refractivity contribution in [3.8, 4) is 0 Å². The van der Waals surface area contributed by atoms with Crippen molar-refractivity contribution in [1.29, 1.82) is 0 Å². The Morgan fingerprint density at radius 2 is 1.94 bits per heavy atom. The van der Waals surface area contributed by atoms with Gasteiger partial charge in [-0.15, -0.1) is 0 Å². The molecule has 2 N–H and O–H groups in total. The summed E-state index contributed by atoms with van der Waals surface area (Å²) in [6.07, 6.45) is 8.42. The second-order valence-electron chi connectivity index (χ2n) is 5.29. The molecule has 0 aromatic heterocycles. The van der Waals surface area contributed by atoms with Crippen LogP contribution in [0.1, 0.15) is 51.9 Å². The van der Waals surface area contributed by atoms with Gasteiger partial charge in [0, 0.05) is 12.6 Å². The summed E-state index contributed by atoms with van der Waals surface area (Å²) < 4.78 is 5.56. The average molecular weight is 240 g/mol. The van der Waals surface area contributed by atoms with E-state index in [2.05, 4.69) is 10.6 Å². The molecular weight excluding hydrogens is 216 g/mol. The van der Waals surface area contributed by atoms with Crippen LogP contribution in [0.25, 0.3) is 0 Å².